The highest BCUT2D eigenvalue weighted by atomic mass is 19.3. The molecule has 0 bridgehead atoms. The molecule has 86 valence electrons. The maximum atomic E-state index is 12.0. The molecule has 0 aliphatic heterocycles. The van der Waals surface area contributed by atoms with Gasteiger partial charge in [-0.15, -0.1) is 0 Å². The number of aliphatic hydroxyl groups excluding tert-OH is 1. The third-order valence-corrected chi connectivity index (χ3v) is 2.45. The molecule has 0 rings (SSSR count). The van der Waals surface area contributed by atoms with Gasteiger partial charge in [0.15, 0.2) is 0 Å². The molecule has 2 N–H and O–H groups in total. The van der Waals surface area contributed by atoms with Crippen LogP contribution in [0, 0.1) is 0 Å². The molecule has 5 heteroatoms. The fraction of sp³-hybridized carbons (Fsp3) is 1.00. The van der Waals surface area contributed by atoms with E-state index in [9.17, 15) is 8.78 Å². The second-order valence-corrected chi connectivity index (χ2v) is 3.87. The van der Waals surface area contributed by atoms with Crippen LogP contribution in [-0.4, -0.2) is 55.8 Å². The van der Waals surface area contributed by atoms with Crippen LogP contribution in [0.25, 0.3) is 0 Å². The average molecular weight is 210 g/mol. The van der Waals surface area contributed by atoms with Gasteiger partial charge in [-0.3, -0.25) is 0 Å². The van der Waals surface area contributed by atoms with Crippen LogP contribution >= 0.6 is 0 Å². The summed E-state index contributed by atoms with van der Waals surface area (Å²) in [6.07, 6.45) is -1.65. The number of alkyl halides is 2. The van der Waals surface area contributed by atoms with Crippen molar-refractivity contribution in [1.82, 2.24) is 10.2 Å². The second-order valence-electron chi connectivity index (χ2n) is 3.87. The van der Waals surface area contributed by atoms with Crippen molar-refractivity contribution in [3.63, 3.8) is 0 Å². The predicted molar refractivity (Wildman–Crippen MR) is 52.7 cm³/mol. The van der Waals surface area contributed by atoms with Gasteiger partial charge in [0.25, 0.3) is 6.43 Å². The Morgan fingerprint density at radius 2 is 2.07 bits per heavy atom. The minimum absolute atomic E-state index is 0.00597. The Hall–Kier alpha value is -0.260. The molecule has 0 aromatic heterocycles. The number of likely N-dealkylation sites (N-methyl/N-ethyl adjacent to an activating group) is 1. The predicted octanol–water partition coefficient (Wildman–Crippen LogP) is 0.544. The third kappa shape index (κ3) is 5.47. The fourth-order valence-electron chi connectivity index (χ4n) is 1.05. The molecule has 0 amide bonds. The Morgan fingerprint density at radius 1 is 1.50 bits per heavy atom. The van der Waals surface area contributed by atoms with Crippen LogP contribution in [0.3, 0.4) is 0 Å². The van der Waals surface area contributed by atoms with E-state index in [0.717, 1.165) is 0 Å². The molecule has 0 fully saturated rings. The number of aliphatic hydroxyl groups is 1. The summed E-state index contributed by atoms with van der Waals surface area (Å²) in [5.74, 6) is 0. The number of hydrogen-bond donors (Lipinski definition) is 2. The molecule has 0 aliphatic carbocycles. The lowest BCUT2D eigenvalue weighted by molar-refractivity contribution is 0.0906. The largest absolute Gasteiger partial charge is 0.394 e. The van der Waals surface area contributed by atoms with Crippen molar-refractivity contribution < 1.29 is 13.9 Å². The first-order chi connectivity index (χ1) is 6.43. The quantitative estimate of drug-likeness (QED) is 0.644. The maximum absolute atomic E-state index is 12.0. The third-order valence-electron chi connectivity index (χ3n) is 2.45. The Morgan fingerprint density at radius 3 is 2.43 bits per heavy atom. The van der Waals surface area contributed by atoms with E-state index in [1.165, 1.54) is 0 Å². The lowest BCUT2D eigenvalue weighted by atomic mass is 9.99. The normalized spacial score (nSPS) is 16.3. The van der Waals surface area contributed by atoms with Crippen molar-refractivity contribution in [2.45, 2.75) is 25.3 Å². The number of hydrogen-bond acceptors (Lipinski definition) is 3. The van der Waals surface area contributed by atoms with E-state index < -0.39 is 6.43 Å². The average Bonchev–Trinajstić information content (AvgIpc) is 2.13. The molecule has 1 atom stereocenters. The molecular formula is C9H20F2N2O. The summed E-state index contributed by atoms with van der Waals surface area (Å²) in [7, 11) is 3.41. The van der Waals surface area contributed by atoms with Gasteiger partial charge in [-0.25, -0.2) is 8.78 Å². The molecule has 3 nitrogen and oxygen atoms in total. The zero-order chi connectivity index (χ0) is 11.2. The number of nitrogens with one attached hydrogen (secondary N) is 1. The summed E-state index contributed by atoms with van der Waals surface area (Å²) in [6.45, 7) is 2.20. The van der Waals surface area contributed by atoms with Crippen LogP contribution in [0.5, 0.6) is 0 Å². The molecule has 14 heavy (non-hydrogen) atoms. The first-order valence-electron chi connectivity index (χ1n) is 4.70. The van der Waals surface area contributed by atoms with Crippen molar-refractivity contribution in [3.05, 3.63) is 0 Å². The van der Waals surface area contributed by atoms with Crippen molar-refractivity contribution in [1.29, 1.82) is 0 Å². The molecule has 0 aromatic rings. The second kappa shape index (κ2) is 6.27. The number of rotatable bonds is 7. The van der Waals surface area contributed by atoms with E-state index in [1.807, 2.05) is 6.92 Å². The number of nitrogens with zero attached hydrogens (tertiary/aromatic N) is 1. The lowest BCUT2D eigenvalue weighted by Gasteiger charge is -2.29. The zero-order valence-corrected chi connectivity index (χ0v) is 9.06. The van der Waals surface area contributed by atoms with Crippen LogP contribution in [0.2, 0.25) is 0 Å². The molecule has 0 heterocycles. The van der Waals surface area contributed by atoms with Gasteiger partial charge in [0.2, 0.25) is 0 Å². The molecule has 0 radical (unpaired) electrons. The van der Waals surface area contributed by atoms with E-state index in [2.05, 4.69) is 5.32 Å². The van der Waals surface area contributed by atoms with Gasteiger partial charge in [0.1, 0.15) is 0 Å². The highest BCUT2D eigenvalue weighted by Crippen LogP contribution is 2.08. The summed E-state index contributed by atoms with van der Waals surface area (Å²) >= 11 is 0. The van der Waals surface area contributed by atoms with Crippen molar-refractivity contribution >= 4 is 0 Å². The summed E-state index contributed by atoms with van der Waals surface area (Å²) in [6, 6.07) is 0. The van der Waals surface area contributed by atoms with Gasteiger partial charge in [-0.1, -0.05) is 0 Å². The molecular weight excluding hydrogens is 190 g/mol. The van der Waals surface area contributed by atoms with Gasteiger partial charge in [-0.2, -0.15) is 0 Å². The molecule has 0 aliphatic rings. The van der Waals surface area contributed by atoms with E-state index in [-0.39, 0.29) is 18.7 Å². The monoisotopic (exact) mass is 210 g/mol. The van der Waals surface area contributed by atoms with Gasteiger partial charge < -0.3 is 15.3 Å². The van der Waals surface area contributed by atoms with Crippen molar-refractivity contribution in [3.8, 4) is 0 Å². The minimum atomic E-state index is -2.30. The Bertz CT molecular complexity index is 152. The fourth-order valence-corrected chi connectivity index (χ4v) is 1.05. The summed E-state index contributed by atoms with van der Waals surface area (Å²) < 4.78 is 23.9. The topological polar surface area (TPSA) is 35.5 Å². The first-order valence-corrected chi connectivity index (χ1v) is 4.70. The van der Waals surface area contributed by atoms with Gasteiger partial charge in [0.05, 0.1) is 13.2 Å². The Balaban J connectivity index is 3.79. The Kier molecular flexibility index (Phi) is 6.15. The zero-order valence-electron chi connectivity index (χ0n) is 9.06. The van der Waals surface area contributed by atoms with E-state index in [0.29, 0.717) is 13.0 Å². The van der Waals surface area contributed by atoms with Gasteiger partial charge in [-0.05, 0) is 34.0 Å². The molecule has 0 spiro atoms. The van der Waals surface area contributed by atoms with Crippen molar-refractivity contribution in [2.24, 2.45) is 0 Å². The maximum Gasteiger partial charge on any atom is 0.251 e. The smallest absolute Gasteiger partial charge is 0.251 e. The lowest BCUT2D eigenvalue weighted by Crippen LogP contribution is -2.46. The minimum Gasteiger partial charge on any atom is -0.394 e. The standard InChI is InChI=1S/C9H20F2N2O/c1-9(7-14,12-2)4-5-13(3)6-8(10)11/h8,12,14H,4-7H2,1-3H3. The van der Waals surface area contributed by atoms with Crippen LogP contribution in [0.4, 0.5) is 8.78 Å². The highest BCUT2D eigenvalue weighted by Gasteiger charge is 2.21. The summed E-state index contributed by atoms with van der Waals surface area (Å²) in [4.78, 5) is 1.57. The highest BCUT2D eigenvalue weighted by molar-refractivity contribution is 4.81. The van der Waals surface area contributed by atoms with Crippen LogP contribution in [0.15, 0.2) is 0 Å². The van der Waals surface area contributed by atoms with E-state index in [4.69, 9.17) is 5.11 Å². The van der Waals surface area contributed by atoms with Crippen molar-refractivity contribution in [2.75, 3.05) is 33.8 Å². The molecule has 1 unspecified atom stereocenters. The SMILES string of the molecule is CNC(C)(CO)CCN(C)CC(F)F. The van der Waals surface area contributed by atoms with Gasteiger partial charge in [0, 0.05) is 5.54 Å². The molecule has 0 saturated carbocycles. The van der Waals surface area contributed by atoms with Crippen LogP contribution in [-0.2, 0) is 0 Å². The van der Waals surface area contributed by atoms with E-state index >= 15 is 0 Å². The van der Waals surface area contributed by atoms with Crippen LogP contribution in [0.1, 0.15) is 13.3 Å². The van der Waals surface area contributed by atoms with E-state index in [1.54, 1.807) is 19.0 Å². The first kappa shape index (κ1) is 13.7. The Labute approximate surface area is 84.1 Å². The summed E-state index contributed by atoms with van der Waals surface area (Å²) in [5.41, 5.74) is -0.379. The summed E-state index contributed by atoms with van der Waals surface area (Å²) in [5, 5.41) is 12.0. The van der Waals surface area contributed by atoms with Crippen LogP contribution < -0.4 is 5.32 Å². The van der Waals surface area contributed by atoms with Gasteiger partial charge >= 0.3 is 0 Å². The molecule has 0 aromatic carbocycles. The molecule has 0 saturated heterocycles. The number of halogens is 2.